The van der Waals surface area contributed by atoms with Crippen LogP contribution in [-0.2, 0) is 13.6 Å². The predicted octanol–water partition coefficient (Wildman–Crippen LogP) is 1.80. The summed E-state index contributed by atoms with van der Waals surface area (Å²) < 4.78 is 1.97. The Bertz CT molecular complexity index is 314. The molecule has 0 saturated carbocycles. The van der Waals surface area contributed by atoms with Crippen molar-refractivity contribution < 1.29 is 0 Å². The molecule has 0 spiro atoms. The van der Waals surface area contributed by atoms with Crippen LogP contribution in [0.4, 0.5) is 0 Å². The summed E-state index contributed by atoms with van der Waals surface area (Å²) in [5, 5.41) is 9.08. The second kappa shape index (κ2) is 4.99. The van der Waals surface area contributed by atoms with Crippen LogP contribution in [-0.4, -0.2) is 20.5 Å². The SMILES string of the molecule is Cn1c(CN)nnc1SCCC(C)(C)C. The number of hydrogen-bond acceptors (Lipinski definition) is 4. The molecular weight excluding hydrogens is 208 g/mol. The van der Waals surface area contributed by atoms with E-state index in [1.54, 1.807) is 11.8 Å². The lowest BCUT2D eigenvalue weighted by atomic mass is 9.94. The third-order valence-electron chi connectivity index (χ3n) is 2.19. The molecule has 1 rings (SSSR count). The van der Waals surface area contributed by atoms with Crippen molar-refractivity contribution in [2.45, 2.75) is 38.9 Å². The van der Waals surface area contributed by atoms with Gasteiger partial charge in [-0.1, -0.05) is 32.5 Å². The molecule has 0 unspecified atom stereocenters. The molecule has 1 heterocycles. The molecule has 0 amide bonds. The largest absolute Gasteiger partial charge is 0.324 e. The first kappa shape index (κ1) is 12.5. The minimum absolute atomic E-state index is 0.377. The summed E-state index contributed by atoms with van der Waals surface area (Å²) in [4.78, 5) is 0. The summed E-state index contributed by atoms with van der Waals surface area (Å²) >= 11 is 1.74. The van der Waals surface area contributed by atoms with Gasteiger partial charge in [0.25, 0.3) is 0 Å². The highest BCUT2D eigenvalue weighted by Gasteiger charge is 2.12. The minimum atomic E-state index is 0.377. The first-order valence-corrected chi connectivity index (χ1v) is 6.14. The van der Waals surface area contributed by atoms with Gasteiger partial charge in [-0.2, -0.15) is 0 Å². The smallest absolute Gasteiger partial charge is 0.190 e. The van der Waals surface area contributed by atoms with Crippen molar-refractivity contribution in [2.75, 3.05) is 5.75 Å². The predicted molar refractivity (Wildman–Crippen MR) is 63.7 cm³/mol. The summed E-state index contributed by atoms with van der Waals surface area (Å²) in [6, 6.07) is 0. The number of nitrogens with zero attached hydrogens (tertiary/aromatic N) is 3. The third-order valence-corrected chi connectivity index (χ3v) is 3.21. The van der Waals surface area contributed by atoms with Crippen molar-refractivity contribution in [3.8, 4) is 0 Å². The molecule has 0 fully saturated rings. The molecule has 0 aromatic carbocycles. The maximum atomic E-state index is 5.53. The zero-order chi connectivity index (χ0) is 11.5. The van der Waals surface area contributed by atoms with Gasteiger partial charge < -0.3 is 10.3 Å². The molecule has 4 nitrogen and oxygen atoms in total. The van der Waals surface area contributed by atoms with E-state index in [2.05, 4.69) is 31.0 Å². The molecule has 2 N–H and O–H groups in total. The number of nitrogens with two attached hydrogens (primary N) is 1. The standard InChI is InChI=1S/C10H20N4S/c1-10(2,3)5-6-15-9-13-12-8(7-11)14(9)4/h5-7,11H2,1-4H3. The number of hydrogen-bond donors (Lipinski definition) is 1. The summed E-state index contributed by atoms with van der Waals surface area (Å²) in [6.07, 6.45) is 1.17. The Morgan fingerprint density at radius 1 is 1.33 bits per heavy atom. The van der Waals surface area contributed by atoms with Gasteiger partial charge >= 0.3 is 0 Å². The van der Waals surface area contributed by atoms with E-state index in [0.717, 1.165) is 16.7 Å². The molecule has 0 saturated heterocycles. The molecule has 0 atom stereocenters. The molecule has 0 aliphatic rings. The first-order valence-electron chi connectivity index (χ1n) is 5.15. The molecule has 0 bridgehead atoms. The van der Waals surface area contributed by atoms with E-state index in [9.17, 15) is 0 Å². The van der Waals surface area contributed by atoms with Crippen LogP contribution in [0.2, 0.25) is 0 Å². The highest BCUT2D eigenvalue weighted by molar-refractivity contribution is 7.99. The monoisotopic (exact) mass is 228 g/mol. The zero-order valence-corrected chi connectivity index (χ0v) is 10.8. The van der Waals surface area contributed by atoms with Gasteiger partial charge in [0.1, 0.15) is 5.82 Å². The van der Waals surface area contributed by atoms with Gasteiger partial charge in [0.15, 0.2) is 5.16 Å². The lowest BCUT2D eigenvalue weighted by Crippen LogP contribution is -2.07. The van der Waals surface area contributed by atoms with Crippen molar-refractivity contribution in [3.63, 3.8) is 0 Å². The highest BCUT2D eigenvalue weighted by Crippen LogP contribution is 2.24. The Labute approximate surface area is 95.6 Å². The van der Waals surface area contributed by atoms with E-state index in [4.69, 9.17) is 5.73 Å². The maximum absolute atomic E-state index is 5.53. The Kier molecular flexibility index (Phi) is 4.16. The quantitative estimate of drug-likeness (QED) is 0.798. The Morgan fingerprint density at radius 2 is 2.00 bits per heavy atom. The van der Waals surface area contributed by atoms with Gasteiger partial charge in [0.2, 0.25) is 0 Å². The molecule has 0 radical (unpaired) electrons. The zero-order valence-electron chi connectivity index (χ0n) is 9.95. The Hall–Kier alpha value is -0.550. The topological polar surface area (TPSA) is 56.7 Å². The maximum Gasteiger partial charge on any atom is 0.190 e. The van der Waals surface area contributed by atoms with Crippen molar-refractivity contribution in [1.29, 1.82) is 0 Å². The fourth-order valence-corrected chi connectivity index (χ4v) is 2.39. The summed E-state index contributed by atoms with van der Waals surface area (Å²) in [5.74, 6) is 1.91. The molecule has 5 heteroatoms. The second-order valence-corrected chi connectivity index (χ2v) is 5.88. The summed E-state index contributed by atoms with van der Waals surface area (Å²) in [5.41, 5.74) is 5.91. The molecule has 15 heavy (non-hydrogen) atoms. The molecule has 0 aliphatic carbocycles. The minimum Gasteiger partial charge on any atom is -0.324 e. The normalized spacial score (nSPS) is 12.1. The summed E-state index contributed by atoms with van der Waals surface area (Å²) in [6.45, 7) is 7.18. The number of thioether (sulfide) groups is 1. The lowest BCUT2D eigenvalue weighted by molar-refractivity contribution is 0.401. The van der Waals surface area contributed by atoms with E-state index in [-0.39, 0.29) is 0 Å². The van der Waals surface area contributed by atoms with Crippen molar-refractivity contribution >= 4 is 11.8 Å². The third kappa shape index (κ3) is 3.83. The summed E-state index contributed by atoms with van der Waals surface area (Å²) in [7, 11) is 1.96. The van der Waals surface area contributed by atoms with E-state index >= 15 is 0 Å². The first-order chi connectivity index (χ1) is 6.94. The second-order valence-electron chi connectivity index (χ2n) is 4.82. The molecule has 0 aliphatic heterocycles. The van der Waals surface area contributed by atoms with Crippen molar-refractivity contribution in [3.05, 3.63) is 5.82 Å². The number of aromatic nitrogens is 3. The van der Waals surface area contributed by atoms with Gasteiger partial charge in [-0.3, -0.25) is 0 Å². The molecule has 1 aromatic heterocycles. The van der Waals surface area contributed by atoms with Crippen molar-refractivity contribution in [2.24, 2.45) is 18.2 Å². The van der Waals surface area contributed by atoms with Gasteiger partial charge in [-0.05, 0) is 11.8 Å². The van der Waals surface area contributed by atoms with Crippen LogP contribution in [0.15, 0.2) is 5.16 Å². The van der Waals surface area contributed by atoms with E-state index in [1.165, 1.54) is 6.42 Å². The van der Waals surface area contributed by atoms with Crippen LogP contribution in [0, 0.1) is 5.41 Å². The van der Waals surface area contributed by atoms with Gasteiger partial charge in [-0.25, -0.2) is 0 Å². The average Bonchev–Trinajstić information content (AvgIpc) is 2.46. The van der Waals surface area contributed by atoms with Crippen LogP contribution in [0.3, 0.4) is 0 Å². The molecule has 86 valence electrons. The van der Waals surface area contributed by atoms with Gasteiger partial charge in [-0.15, -0.1) is 10.2 Å². The van der Waals surface area contributed by atoms with Crippen LogP contribution >= 0.6 is 11.8 Å². The van der Waals surface area contributed by atoms with Crippen LogP contribution in [0.5, 0.6) is 0 Å². The molecular formula is C10H20N4S. The highest BCUT2D eigenvalue weighted by atomic mass is 32.2. The van der Waals surface area contributed by atoms with Gasteiger partial charge in [0, 0.05) is 12.8 Å². The molecule has 1 aromatic rings. The van der Waals surface area contributed by atoms with Gasteiger partial charge in [0.05, 0.1) is 6.54 Å². The van der Waals surface area contributed by atoms with E-state index < -0.39 is 0 Å². The Morgan fingerprint density at radius 3 is 2.47 bits per heavy atom. The fourth-order valence-electron chi connectivity index (χ4n) is 1.10. The average molecular weight is 228 g/mol. The Balaban J connectivity index is 2.48. The van der Waals surface area contributed by atoms with Crippen molar-refractivity contribution in [1.82, 2.24) is 14.8 Å². The lowest BCUT2D eigenvalue weighted by Gasteiger charge is -2.16. The van der Waals surface area contributed by atoms with Crippen LogP contribution in [0.1, 0.15) is 33.0 Å². The van der Waals surface area contributed by atoms with Crippen LogP contribution in [0.25, 0.3) is 0 Å². The number of rotatable bonds is 4. The van der Waals surface area contributed by atoms with Crippen LogP contribution < -0.4 is 5.73 Å². The fraction of sp³-hybridized carbons (Fsp3) is 0.800. The van der Waals surface area contributed by atoms with E-state index in [1.807, 2.05) is 11.6 Å². The van der Waals surface area contributed by atoms with E-state index in [0.29, 0.717) is 12.0 Å².